The lowest BCUT2D eigenvalue weighted by molar-refractivity contribution is -0.166. The first-order chi connectivity index (χ1) is 33.0. The fraction of sp³-hybridized carbons (Fsp3) is 0.754. The largest absolute Gasteiger partial charge is 0.462 e. The van der Waals surface area contributed by atoms with Gasteiger partial charge in [-0.25, -0.2) is 0 Å². The zero-order valence-corrected chi connectivity index (χ0v) is 44.2. The third kappa shape index (κ3) is 53.7. The predicted octanol–water partition coefficient (Wildman–Crippen LogP) is 19.0. The van der Waals surface area contributed by atoms with Crippen LogP contribution in [-0.2, 0) is 28.6 Å². The molecule has 0 rings (SSSR count). The van der Waals surface area contributed by atoms with Crippen molar-refractivity contribution >= 4 is 17.9 Å². The Balaban J connectivity index is 4.46. The zero-order chi connectivity index (χ0) is 48.6. The minimum Gasteiger partial charge on any atom is -0.462 e. The van der Waals surface area contributed by atoms with Gasteiger partial charge in [-0.15, -0.1) is 0 Å². The molecule has 0 bridgehead atoms. The van der Waals surface area contributed by atoms with E-state index in [2.05, 4.69) is 81.5 Å². The maximum Gasteiger partial charge on any atom is 0.309 e. The monoisotopic (exact) mass is 935 g/mol. The Morgan fingerprint density at radius 2 is 0.642 bits per heavy atom. The maximum absolute atomic E-state index is 12.8. The van der Waals surface area contributed by atoms with Crippen LogP contribution >= 0.6 is 0 Å². The molecule has 0 aliphatic heterocycles. The second-order valence-electron chi connectivity index (χ2n) is 18.8. The molecule has 67 heavy (non-hydrogen) atoms. The fourth-order valence-electron chi connectivity index (χ4n) is 7.98. The standard InChI is InChI=1S/C61H106O6/c1-4-7-10-13-16-19-22-25-28-30-31-34-36-39-42-45-48-51-54-60(63)66-57-58(56-65-59(62)53-50-47-44-41-38-35-32-27-24-21-18-15-12-9-6-3)67-61(64)55-52-49-46-43-40-37-33-29-26-23-20-17-14-11-8-5-2/h9,12,18,21,27-28,30,32,38,41,47,50,58H,4-8,10-11,13-17,19-20,22-26,29,31,33-37,39-40,42-46,48-49,51-57H2,1-3H3/b12-9-,21-18-,30-28-,32-27-,41-38-,50-47-. The number of unbranched alkanes of at least 4 members (excludes halogenated alkanes) is 29. The smallest absolute Gasteiger partial charge is 0.309 e. The molecule has 0 aromatic rings. The summed E-state index contributed by atoms with van der Waals surface area (Å²) in [7, 11) is 0. The van der Waals surface area contributed by atoms with Crippen molar-refractivity contribution in [2.45, 2.75) is 284 Å². The molecule has 0 spiro atoms. The van der Waals surface area contributed by atoms with Crippen molar-refractivity contribution in [1.82, 2.24) is 0 Å². The molecule has 0 saturated carbocycles. The van der Waals surface area contributed by atoms with Crippen molar-refractivity contribution in [3.63, 3.8) is 0 Å². The Morgan fingerprint density at radius 1 is 0.328 bits per heavy atom. The van der Waals surface area contributed by atoms with E-state index in [1.807, 2.05) is 6.08 Å². The van der Waals surface area contributed by atoms with E-state index in [1.54, 1.807) is 6.08 Å². The number of hydrogen-bond acceptors (Lipinski definition) is 6. The summed E-state index contributed by atoms with van der Waals surface area (Å²) in [4.78, 5) is 38.1. The van der Waals surface area contributed by atoms with Gasteiger partial charge in [-0.05, 0) is 70.6 Å². The first-order valence-corrected chi connectivity index (χ1v) is 28.4. The molecular formula is C61H106O6. The molecule has 0 fully saturated rings. The minimum absolute atomic E-state index is 0.105. The van der Waals surface area contributed by atoms with E-state index in [0.717, 1.165) is 70.6 Å². The molecule has 386 valence electrons. The van der Waals surface area contributed by atoms with Crippen LogP contribution in [0.15, 0.2) is 72.9 Å². The quantitative estimate of drug-likeness (QED) is 0.0262. The number of ether oxygens (including phenoxy) is 3. The summed E-state index contributed by atoms with van der Waals surface area (Å²) in [6.45, 7) is 6.46. The molecular weight excluding hydrogens is 829 g/mol. The Kier molecular flexibility index (Phi) is 52.8. The first kappa shape index (κ1) is 63.8. The summed E-state index contributed by atoms with van der Waals surface area (Å²) in [5.74, 6) is -1.03. The van der Waals surface area contributed by atoms with Crippen molar-refractivity contribution in [2.75, 3.05) is 13.2 Å². The van der Waals surface area contributed by atoms with E-state index in [4.69, 9.17) is 14.2 Å². The minimum atomic E-state index is -0.815. The molecule has 6 nitrogen and oxygen atoms in total. The van der Waals surface area contributed by atoms with E-state index >= 15 is 0 Å². The average Bonchev–Trinajstić information content (AvgIpc) is 3.33. The Bertz CT molecular complexity index is 1260. The number of esters is 3. The number of hydrogen-bond donors (Lipinski definition) is 0. The Hall–Kier alpha value is -3.15. The van der Waals surface area contributed by atoms with Crippen LogP contribution in [0.3, 0.4) is 0 Å². The van der Waals surface area contributed by atoms with Crippen LogP contribution in [0, 0.1) is 0 Å². The lowest BCUT2D eigenvalue weighted by Gasteiger charge is -2.18. The molecule has 0 amide bonds. The van der Waals surface area contributed by atoms with Gasteiger partial charge in [0.25, 0.3) is 0 Å². The highest BCUT2D eigenvalue weighted by molar-refractivity contribution is 5.72. The van der Waals surface area contributed by atoms with Gasteiger partial charge in [-0.3, -0.25) is 14.4 Å². The van der Waals surface area contributed by atoms with Gasteiger partial charge < -0.3 is 14.2 Å². The molecule has 0 aromatic heterocycles. The molecule has 6 heteroatoms. The lowest BCUT2D eigenvalue weighted by atomic mass is 10.0. The normalized spacial score (nSPS) is 12.6. The van der Waals surface area contributed by atoms with Gasteiger partial charge in [0.05, 0.1) is 6.42 Å². The molecule has 0 heterocycles. The summed E-state index contributed by atoms with van der Waals surface area (Å²) >= 11 is 0. The van der Waals surface area contributed by atoms with Crippen LogP contribution in [0.1, 0.15) is 278 Å². The van der Waals surface area contributed by atoms with Crippen LogP contribution < -0.4 is 0 Å². The number of rotatable bonds is 51. The average molecular weight is 936 g/mol. The van der Waals surface area contributed by atoms with Gasteiger partial charge in [0.15, 0.2) is 6.10 Å². The molecule has 0 saturated heterocycles. The first-order valence-electron chi connectivity index (χ1n) is 28.4. The highest BCUT2D eigenvalue weighted by Gasteiger charge is 2.19. The van der Waals surface area contributed by atoms with E-state index in [1.165, 1.54) is 167 Å². The van der Waals surface area contributed by atoms with Gasteiger partial charge in [-0.1, -0.05) is 261 Å². The number of carbonyl (C=O) groups excluding carboxylic acids is 3. The van der Waals surface area contributed by atoms with Crippen LogP contribution in [0.25, 0.3) is 0 Å². The van der Waals surface area contributed by atoms with Crippen molar-refractivity contribution < 1.29 is 28.6 Å². The van der Waals surface area contributed by atoms with Crippen LogP contribution in [0.4, 0.5) is 0 Å². The highest BCUT2D eigenvalue weighted by atomic mass is 16.6. The second-order valence-corrected chi connectivity index (χ2v) is 18.8. The van der Waals surface area contributed by atoms with Gasteiger partial charge in [0, 0.05) is 12.8 Å². The molecule has 1 unspecified atom stereocenters. The highest BCUT2D eigenvalue weighted by Crippen LogP contribution is 2.16. The molecule has 1 atom stereocenters. The van der Waals surface area contributed by atoms with E-state index < -0.39 is 12.1 Å². The van der Waals surface area contributed by atoms with Gasteiger partial charge in [0.2, 0.25) is 0 Å². The predicted molar refractivity (Wildman–Crippen MR) is 288 cm³/mol. The van der Waals surface area contributed by atoms with Gasteiger partial charge >= 0.3 is 17.9 Å². The summed E-state index contributed by atoms with van der Waals surface area (Å²) in [6.07, 6.45) is 70.6. The van der Waals surface area contributed by atoms with E-state index in [9.17, 15) is 14.4 Å². The van der Waals surface area contributed by atoms with Crippen LogP contribution in [0.2, 0.25) is 0 Å². The van der Waals surface area contributed by atoms with Crippen molar-refractivity contribution in [3.8, 4) is 0 Å². The zero-order valence-electron chi connectivity index (χ0n) is 44.2. The van der Waals surface area contributed by atoms with Crippen molar-refractivity contribution in [3.05, 3.63) is 72.9 Å². The third-order valence-corrected chi connectivity index (χ3v) is 12.2. The summed E-state index contributed by atoms with van der Waals surface area (Å²) < 4.78 is 16.8. The molecule has 0 aliphatic carbocycles. The molecule has 0 aliphatic rings. The van der Waals surface area contributed by atoms with E-state index in [0.29, 0.717) is 12.8 Å². The van der Waals surface area contributed by atoms with Crippen LogP contribution in [-0.4, -0.2) is 37.2 Å². The SMILES string of the molecule is CC/C=C\C/C=C\C/C=C\C/C=C\C/C=C\CC(=O)OCC(COC(=O)CCCCCCCCC/C=C\CCCCCCCCC)OC(=O)CCCCCCCCCCCCCCCCCC. The summed E-state index contributed by atoms with van der Waals surface area (Å²) in [6, 6.07) is 0. The summed E-state index contributed by atoms with van der Waals surface area (Å²) in [5.41, 5.74) is 0. The fourth-order valence-corrected chi connectivity index (χ4v) is 7.98. The van der Waals surface area contributed by atoms with Crippen LogP contribution in [0.5, 0.6) is 0 Å². The Morgan fingerprint density at radius 3 is 1.03 bits per heavy atom. The molecule has 0 N–H and O–H groups in total. The molecule has 0 radical (unpaired) electrons. The van der Waals surface area contributed by atoms with E-state index in [-0.39, 0.29) is 31.6 Å². The number of allylic oxidation sites excluding steroid dienone is 11. The second kappa shape index (κ2) is 55.4. The third-order valence-electron chi connectivity index (χ3n) is 12.2. The van der Waals surface area contributed by atoms with Crippen molar-refractivity contribution in [2.24, 2.45) is 0 Å². The Labute approximate surface area is 414 Å². The maximum atomic E-state index is 12.8. The summed E-state index contributed by atoms with van der Waals surface area (Å²) in [5, 5.41) is 0. The molecule has 0 aromatic carbocycles. The number of carbonyl (C=O) groups is 3. The van der Waals surface area contributed by atoms with Gasteiger partial charge in [0.1, 0.15) is 13.2 Å². The topological polar surface area (TPSA) is 78.9 Å². The van der Waals surface area contributed by atoms with Crippen molar-refractivity contribution in [1.29, 1.82) is 0 Å². The lowest BCUT2D eigenvalue weighted by Crippen LogP contribution is -2.30. The van der Waals surface area contributed by atoms with Gasteiger partial charge in [-0.2, -0.15) is 0 Å².